The zero-order valence-electron chi connectivity index (χ0n) is 13.1. The van der Waals surface area contributed by atoms with Gasteiger partial charge in [-0.15, -0.1) is 0 Å². The first-order valence-corrected chi connectivity index (χ1v) is 7.23. The van der Waals surface area contributed by atoms with Gasteiger partial charge in [0.2, 0.25) is 0 Å². The number of hydrogen-bond donors (Lipinski definition) is 1. The van der Waals surface area contributed by atoms with Gasteiger partial charge in [-0.2, -0.15) is 13.2 Å². The van der Waals surface area contributed by atoms with Crippen molar-refractivity contribution in [1.82, 2.24) is 9.80 Å². The second-order valence-corrected chi connectivity index (χ2v) is 6.83. The Kier molecular flexibility index (Phi) is 5.49. The van der Waals surface area contributed by atoms with Gasteiger partial charge in [-0.05, 0) is 40.7 Å². The summed E-state index contributed by atoms with van der Waals surface area (Å²) in [6.45, 7) is 9.32. The van der Waals surface area contributed by atoms with Gasteiger partial charge in [0.15, 0.2) is 0 Å². The normalized spacial score (nSPS) is 24.6. The van der Waals surface area contributed by atoms with Gasteiger partial charge in [0.05, 0.1) is 0 Å². The highest BCUT2D eigenvalue weighted by Crippen LogP contribution is 2.30. The third-order valence-corrected chi connectivity index (χ3v) is 4.70. The Morgan fingerprint density at radius 3 is 2.20 bits per heavy atom. The third-order valence-electron chi connectivity index (χ3n) is 4.70. The smallest absolute Gasteiger partial charge is 0.329 e. The molecule has 1 heterocycles. The second-order valence-electron chi connectivity index (χ2n) is 6.83. The molecule has 0 aliphatic carbocycles. The number of piperazine rings is 1. The van der Waals surface area contributed by atoms with Crippen LogP contribution in [0.3, 0.4) is 0 Å². The van der Waals surface area contributed by atoms with E-state index in [9.17, 15) is 13.2 Å². The van der Waals surface area contributed by atoms with Crippen LogP contribution in [0.2, 0.25) is 0 Å². The minimum absolute atomic E-state index is 0.0265. The molecule has 0 aromatic heterocycles. The van der Waals surface area contributed by atoms with Crippen LogP contribution in [0.4, 0.5) is 13.2 Å². The van der Waals surface area contributed by atoms with Crippen LogP contribution in [0.1, 0.15) is 40.0 Å². The quantitative estimate of drug-likeness (QED) is 0.845. The highest BCUT2D eigenvalue weighted by atomic mass is 19.4. The lowest BCUT2D eigenvalue weighted by Gasteiger charge is -2.52. The van der Waals surface area contributed by atoms with Crippen molar-refractivity contribution >= 4 is 0 Å². The number of nitrogens with two attached hydrogens (primary N) is 1. The molecule has 20 heavy (non-hydrogen) atoms. The Labute approximate surface area is 120 Å². The fourth-order valence-corrected chi connectivity index (χ4v) is 2.76. The van der Waals surface area contributed by atoms with Crippen molar-refractivity contribution < 1.29 is 13.2 Å². The minimum atomic E-state index is -4.07. The van der Waals surface area contributed by atoms with Crippen molar-refractivity contribution in [3.8, 4) is 0 Å². The van der Waals surface area contributed by atoms with Crippen molar-refractivity contribution in [1.29, 1.82) is 0 Å². The van der Waals surface area contributed by atoms with E-state index in [4.69, 9.17) is 5.73 Å². The summed E-state index contributed by atoms with van der Waals surface area (Å²) < 4.78 is 36.9. The fourth-order valence-electron chi connectivity index (χ4n) is 2.76. The van der Waals surface area contributed by atoms with E-state index in [1.165, 1.54) is 0 Å². The van der Waals surface area contributed by atoms with E-state index < -0.39 is 12.6 Å². The molecule has 1 aliphatic rings. The first-order chi connectivity index (χ1) is 9.00. The van der Waals surface area contributed by atoms with E-state index in [1.807, 2.05) is 6.92 Å². The van der Waals surface area contributed by atoms with E-state index in [-0.39, 0.29) is 17.5 Å². The van der Waals surface area contributed by atoms with E-state index in [2.05, 4.69) is 30.7 Å². The van der Waals surface area contributed by atoms with Crippen LogP contribution in [-0.2, 0) is 0 Å². The summed E-state index contributed by atoms with van der Waals surface area (Å²) in [4.78, 5) is 4.56. The second kappa shape index (κ2) is 6.20. The van der Waals surface area contributed by atoms with Crippen LogP contribution in [0.5, 0.6) is 0 Å². The molecule has 1 fully saturated rings. The number of halogens is 3. The largest absolute Gasteiger partial charge is 0.389 e. The maximum atomic E-state index is 12.3. The Morgan fingerprint density at radius 1 is 1.15 bits per heavy atom. The number of hydrogen-bond acceptors (Lipinski definition) is 3. The van der Waals surface area contributed by atoms with E-state index in [0.717, 1.165) is 19.6 Å². The molecular formula is C14H28F3N3. The summed E-state index contributed by atoms with van der Waals surface area (Å²) in [6, 6.07) is 0. The molecule has 2 N–H and O–H groups in total. The van der Waals surface area contributed by atoms with Crippen molar-refractivity contribution in [2.45, 2.75) is 57.3 Å². The van der Waals surface area contributed by atoms with Gasteiger partial charge in [0.1, 0.15) is 0 Å². The molecule has 3 nitrogen and oxygen atoms in total. The van der Waals surface area contributed by atoms with Crippen LogP contribution in [0.25, 0.3) is 0 Å². The zero-order chi connectivity index (χ0) is 15.6. The van der Waals surface area contributed by atoms with E-state index in [0.29, 0.717) is 13.0 Å². The predicted octanol–water partition coefficient (Wildman–Crippen LogP) is 2.46. The molecule has 0 aromatic carbocycles. The van der Waals surface area contributed by atoms with Crippen molar-refractivity contribution in [3.05, 3.63) is 0 Å². The van der Waals surface area contributed by atoms with Gasteiger partial charge in [0.25, 0.3) is 0 Å². The molecule has 1 aliphatic heterocycles. The summed E-state index contributed by atoms with van der Waals surface area (Å²) in [5.41, 5.74) is 5.56. The van der Waals surface area contributed by atoms with E-state index in [1.54, 1.807) is 0 Å². The monoisotopic (exact) mass is 295 g/mol. The molecule has 1 unspecified atom stereocenters. The van der Waals surface area contributed by atoms with Gasteiger partial charge >= 0.3 is 6.18 Å². The predicted molar refractivity (Wildman–Crippen MR) is 75.6 cm³/mol. The summed E-state index contributed by atoms with van der Waals surface area (Å²) in [5, 5.41) is 0. The molecule has 0 aromatic rings. The lowest BCUT2D eigenvalue weighted by atomic mass is 9.88. The lowest BCUT2D eigenvalue weighted by molar-refractivity contribution is -0.137. The maximum Gasteiger partial charge on any atom is 0.389 e. The zero-order valence-corrected chi connectivity index (χ0v) is 13.1. The van der Waals surface area contributed by atoms with Gasteiger partial charge in [-0.25, -0.2) is 0 Å². The average Bonchev–Trinajstić information content (AvgIpc) is 2.30. The molecule has 0 saturated carbocycles. The number of nitrogens with zero attached hydrogens (tertiary/aromatic N) is 2. The van der Waals surface area contributed by atoms with Gasteiger partial charge < -0.3 is 5.73 Å². The fraction of sp³-hybridized carbons (Fsp3) is 1.00. The molecular weight excluding hydrogens is 267 g/mol. The minimum Gasteiger partial charge on any atom is -0.329 e. The SMILES string of the molecule is CN1CCN(C(C)(CN)CCCC(F)(F)F)CC1(C)C. The highest BCUT2D eigenvalue weighted by Gasteiger charge is 2.39. The number of alkyl halides is 3. The Hall–Kier alpha value is -0.330. The van der Waals surface area contributed by atoms with Gasteiger partial charge in [0, 0.05) is 43.7 Å². The molecule has 1 atom stereocenters. The van der Waals surface area contributed by atoms with Gasteiger partial charge in [-0.1, -0.05) is 0 Å². The average molecular weight is 295 g/mol. The summed E-state index contributed by atoms with van der Waals surface area (Å²) in [5.74, 6) is 0. The molecule has 120 valence electrons. The third kappa shape index (κ3) is 4.60. The Morgan fingerprint density at radius 2 is 1.75 bits per heavy atom. The standard InChI is InChI=1S/C14H28F3N3/c1-12(2)11-20(9-8-19(12)4)13(3,10-18)6-5-7-14(15,16)17/h5-11,18H2,1-4H3. The Bertz CT molecular complexity index is 317. The Balaban J connectivity index is 2.64. The van der Waals surface area contributed by atoms with Crippen molar-refractivity contribution in [3.63, 3.8) is 0 Å². The highest BCUT2D eigenvalue weighted by molar-refractivity contribution is 4.96. The molecule has 1 rings (SSSR count). The first-order valence-electron chi connectivity index (χ1n) is 7.23. The van der Waals surface area contributed by atoms with Crippen molar-refractivity contribution in [2.75, 3.05) is 33.2 Å². The summed E-state index contributed by atoms with van der Waals surface area (Å²) >= 11 is 0. The van der Waals surface area contributed by atoms with Crippen LogP contribution in [0.15, 0.2) is 0 Å². The molecule has 0 spiro atoms. The topological polar surface area (TPSA) is 32.5 Å². The summed E-state index contributed by atoms with van der Waals surface area (Å²) in [7, 11) is 2.08. The van der Waals surface area contributed by atoms with Gasteiger partial charge in [-0.3, -0.25) is 9.80 Å². The molecule has 1 saturated heterocycles. The van der Waals surface area contributed by atoms with Crippen LogP contribution in [0, 0.1) is 0 Å². The molecule has 0 amide bonds. The van der Waals surface area contributed by atoms with Crippen LogP contribution in [-0.4, -0.2) is 60.3 Å². The molecule has 0 radical (unpaired) electrons. The van der Waals surface area contributed by atoms with Crippen LogP contribution < -0.4 is 5.73 Å². The van der Waals surface area contributed by atoms with Crippen molar-refractivity contribution in [2.24, 2.45) is 5.73 Å². The lowest BCUT2D eigenvalue weighted by Crippen LogP contribution is -2.64. The van der Waals surface area contributed by atoms with E-state index >= 15 is 0 Å². The maximum absolute atomic E-state index is 12.3. The number of likely N-dealkylation sites (N-methyl/N-ethyl adjacent to an activating group) is 1. The number of rotatable bonds is 5. The summed E-state index contributed by atoms with van der Waals surface area (Å²) in [6.07, 6.45) is -4.16. The first kappa shape index (κ1) is 17.7. The molecule has 0 bridgehead atoms. The molecule has 6 heteroatoms. The van der Waals surface area contributed by atoms with Crippen LogP contribution >= 0.6 is 0 Å².